The van der Waals surface area contributed by atoms with E-state index in [1.54, 1.807) is 21.3 Å². The summed E-state index contributed by atoms with van der Waals surface area (Å²) in [5, 5.41) is 15.1. The van der Waals surface area contributed by atoms with Gasteiger partial charge in [-0.2, -0.15) is 0 Å². The van der Waals surface area contributed by atoms with E-state index >= 15 is 0 Å². The lowest BCUT2D eigenvalue weighted by Crippen LogP contribution is -2.49. The zero-order chi connectivity index (χ0) is 22.3. The van der Waals surface area contributed by atoms with Crippen LogP contribution in [0.25, 0.3) is 55.0 Å². The molecule has 0 atom stereocenters. The molecule has 0 aliphatic heterocycles. The quantitative estimate of drug-likeness (QED) is 0.346. The van der Waals surface area contributed by atoms with Gasteiger partial charge in [0.1, 0.15) is 11.2 Å². The molecular weight excluding hydrogens is 395 g/mol. The van der Waals surface area contributed by atoms with Gasteiger partial charge in [-0.1, -0.05) is 60.7 Å². The first-order valence-electron chi connectivity index (χ1n) is 11.0. The maximum absolute atomic E-state index is 10.6. The molecule has 0 bridgehead atoms. The van der Waals surface area contributed by atoms with Crippen molar-refractivity contribution in [1.82, 2.24) is 0 Å². The predicted octanol–water partition coefficient (Wildman–Crippen LogP) is 6.20. The third kappa shape index (κ3) is 2.57. The third-order valence-corrected chi connectivity index (χ3v) is 7.13. The molecule has 0 fully saturated rings. The molecule has 0 saturated heterocycles. The van der Waals surface area contributed by atoms with Crippen LogP contribution in [0.15, 0.2) is 71.1 Å². The van der Waals surface area contributed by atoms with Crippen LogP contribution in [0.5, 0.6) is 0 Å². The fourth-order valence-electron chi connectivity index (χ4n) is 4.67. The van der Waals surface area contributed by atoms with Crippen LogP contribution in [0.2, 0.25) is 0 Å². The van der Waals surface area contributed by atoms with Crippen molar-refractivity contribution < 1.29 is 14.2 Å². The fourth-order valence-corrected chi connectivity index (χ4v) is 4.67. The molecule has 0 amide bonds. The van der Waals surface area contributed by atoms with Crippen molar-refractivity contribution in [1.29, 1.82) is 0 Å². The topological polar surface area (TPSA) is 42.6 Å². The molecule has 4 heteroatoms. The summed E-state index contributed by atoms with van der Waals surface area (Å²) in [5.41, 5.74) is 5.72. The Hall–Kier alpha value is -3.08. The van der Waals surface area contributed by atoms with Crippen molar-refractivity contribution in [2.24, 2.45) is 0 Å². The van der Waals surface area contributed by atoms with E-state index in [2.05, 4.69) is 54.6 Å². The Bertz CT molecular complexity index is 1540. The molecule has 3 nitrogen and oxygen atoms in total. The second-order valence-corrected chi connectivity index (χ2v) is 9.67. The zero-order valence-electron chi connectivity index (χ0n) is 18.7. The zero-order valence-corrected chi connectivity index (χ0v) is 18.7. The van der Waals surface area contributed by atoms with Crippen molar-refractivity contribution in [2.75, 3.05) is 0 Å². The minimum absolute atomic E-state index is 0.781. The van der Waals surface area contributed by atoms with Gasteiger partial charge < -0.3 is 14.2 Å². The van der Waals surface area contributed by atoms with Crippen LogP contribution in [-0.4, -0.2) is 23.8 Å². The Kier molecular flexibility index (Phi) is 3.96. The summed E-state index contributed by atoms with van der Waals surface area (Å²) in [5.74, 6) is 0. The van der Waals surface area contributed by atoms with E-state index in [1.807, 2.05) is 26.0 Å². The molecule has 6 rings (SSSR count). The maximum Gasteiger partial charge on any atom is 0.335 e. The van der Waals surface area contributed by atoms with Crippen LogP contribution < -0.4 is 5.46 Å². The Morgan fingerprint density at radius 3 is 2.19 bits per heavy atom. The van der Waals surface area contributed by atoms with Gasteiger partial charge in [0.15, 0.2) is 0 Å². The summed E-state index contributed by atoms with van der Waals surface area (Å²) in [6.45, 7) is 7.33. The normalized spacial score (nSPS) is 13.3. The second kappa shape index (κ2) is 6.47. The lowest BCUT2D eigenvalue weighted by Gasteiger charge is -2.37. The van der Waals surface area contributed by atoms with Gasteiger partial charge in [0, 0.05) is 16.3 Å². The molecule has 1 N–H and O–H groups in total. The molecule has 5 aromatic rings. The van der Waals surface area contributed by atoms with Crippen molar-refractivity contribution in [2.45, 2.75) is 38.9 Å². The number of hydrogen-bond acceptors (Lipinski definition) is 3. The van der Waals surface area contributed by atoms with Crippen LogP contribution in [0.1, 0.15) is 27.7 Å². The van der Waals surface area contributed by atoms with E-state index in [1.165, 1.54) is 27.6 Å². The summed E-state index contributed by atoms with van der Waals surface area (Å²) in [4.78, 5) is 0. The number of rotatable bonds is 4. The number of hydrogen-bond donors (Lipinski definition) is 1. The summed E-state index contributed by atoms with van der Waals surface area (Å²) in [6, 6.07) is 23.2. The fraction of sp³-hybridized carbons (Fsp3) is 0.214. The monoisotopic (exact) mass is 419 g/mol. The molecule has 4 aromatic carbocycles. The summed E-state index contributed by atoms with van der Waals surface area (Å²) in [6.07, 6.45) is 0. The summed E-state index contributed by atoms with van der Waals surface area (Å²) >= 11 is 0. The highest BCUT2D eigenvalue weighted by Gasteiger charge is 2.37. The van der Waals surface area contributed by atoms with E-state index in [4.69, 9.17) is 9.07 Å². The van der Waals surface area contributed by atoms with E-state index in [0.717, 1.165) is 32.8 Å². The molecule has 1 aromatic heterocycles. The Labute approximate surface area is 187 Å². The lowest BCUT2D eigenvalue weighted by molar-refractivity contribution is -0.0892. The minimum Gasteiger partial charge on any atom is -0.457 e. The number of furan rings is 1. The molecule has 1 heterocycles. The van der Waals surface area contributed by atoms with Crippen molar-refractivity contribution in [3.8, 4) is 22.3 Å². The highest BCUT2D eigenvalue weighted by Crippen LogP contribution is 2.51. The molecule has 0 saturated carbocycles. The van der Waals surface area contributed by atoms with Gasteiger partial charge in [0.05, 0.1) is 11.2 Å². The molecule has 32 heavy (non-hydrogen) atoms. The van der Waals surface area contributed by atoms with Crippen LogP contribution in [0.4, 0.5) is 0 Å². The van der Waals surface area contributed by atoms with E-state index in [0.29, 0.717) is 0 Å². The molecule has 1 aliphatic carbocycles. The number of fused-ring (bicyclic) bond motifs is 7. The van der Waals surface area contributed by atoms with Gasteiger partial charge in [-0.15, -0.1) is 0 Å². The molecule has 0 unspecified atom stereocenters. The highest BCUT2D eigenvalue weighted by molar-refractivity contribution is 6.57. The first-order chi connectivity index (χ1) is 15.3. The Balaban J connectivity index is 1.72. The van der Waals surface area contributed by atoms with Crippen molar-refractivity contribution >= 4 is 45.7 Å². The number of aliphatic hydroxyl groups is 1. The first-order valence-corrected chi connectivity index (χ1v) is 11.0. The van der Waals surface area contributed by atoms with Gasteiger partial charge in [0.2, 0.25) is 0 Å². The van der Waals surface area contributed by atoms with Gasteiger partial charge in [-0.3, -0.25) is 0 Å². The van der Waals surface area contributed by atoms with Gasteiger partial charge in [-0.25, -0.2) is 0 Å². The minimum atomic E-state index is -1.01. The van der Waals surface area contributed by atoms with Crippen LogP contribution in [0, 0.1) is 0 Å². The van der Waals surface area contributed by atoms with E-state index in [9.17, 15) is 5.11 Å². The third-order valence-electron chi connectivity index (χ3n) is 7.13. The van der Waals surface area contributed by atoms with Crippen molar-refractivity contribution in [3.63, 3.8) is 0 Å². The van der Waals surface area contributed by atoms with E-state index in [-0.39, 0.29) is 0 Å². The SMILES string of the molecule is CC(C)(O)C(C)(C)O[B]c1c2cccc3c2c(c2c1oc1ccccc12)-c1ccccc1-3. The van der Waals surface area contributed by atoms with Crippen LogP contribution in [-0.2, 0) is 4.65 Å². The smallest absolute Gasteiger partial charge is 0.335 e. The molecule has 0 spiro atoms. The van der Waals surface area contributed by atoms with Gasteiger partial charge >= 0.3 is 7.48 Å². The van der Waals surface area contributed by atoms with Crippen molar-refractivity contribution in [3.05, 3.63) is 66.7 Å². The van der Waals surface area contributed by atoms with Crippen LogP contribution in [0.3, 0.4) is 0 Å². The average Bonchev–Trinajstić information content (AvgIpc) is 3.30. The highest BCUT2D eigenvalue weighted by atomic mass is 16.5. The average molecular weight is 419 g/mol. The molecule has 1 radical (unpaired) electrons. The van der Waals surface area contributed by atoms with Crippen LogP contribution >= 0.6 is 0 Å². The Morgan fingerprint density at radius 2 is 1.41 bits per heavy atom. The predicted molar refractivity (Wildman–Crippen MR) is 133 cm³/mol. The largest absolute Gasteiger partial charge is 0.457 e. The first kappa shape index (κ1) is 19.6. The standard InChI is InChI=1S/C28H24BO3/c1-27(2,30)28(3,4)32-29-25-20-14-9-13-17-16-10-5-6-11-18(16)23(22(17)20)24-19-12-7-8-15-21(19)31-26(24)25/h5-15,30H,1-4H3. The van der Waals surface area contributed by atoms with Gasteiger partial charge in [-0.05, 0) is 66.7 Å². The van der Waals surface area contributed by atoms with Gasteiger partial charge in [0.25, 0.3) is 0 Å². The number of benzene rings is 4. The summed E-state index contributed by atoms with van der Waals surface area (Å²) < 4.78 is 12.7. The van der Waals surface area contributed by atoms with E-state index < -0.39 is 11.2 Å². The number of para-hydroxylation sites is 1. The summed E-state index contributed by atoms with van der Waals surface area (Å²) in [7, 11) is 1.77. The second-order valence-electron chi connectivity index (χ2n) is 9.67. The maximum atomic E-state index is 10.6. The lowest BCUT2D eigenvalue weighted by atomic mass is 9.78. The molecule has 157 valence electrons. The molecule has 1 aliphatic rings. The molecular formula is C28H24BO3. The Morgan fingerprint density at radius 1 is 0.750 bits per heavy atom.